The summed E-state index contributed by atoms with van der Waals surface area (Å²) in [6, 6.07) is 15.2. The quantitative estimate of drug-likeness (QED) is 0.527. The van der Waals surface area contributed by atoms with Crippen LogP contribution in [0.5, 0.6) is 11.5 Å². The number of methoxy groups -OCH3 is 2. The van der Waals surface area contributed by atoms with Crippen molar-refractivity contribution in [3.8, 4) is 28.6 Å². The fourth-order valence-electron chi connectivity index (χ4n) is 2.82. The van der Waals surface area contributed by atoms with Crippen molar-refractivity contribution in [1.29, 1.82) is 0 Å². The number of nitrogens with one attached hydrogen (secondary N) is 1. The smallest absolute Gasteiger partial charge is 0.246 e. The van der Waals surface area contributed by atoms with Crippen LogP contribution in [0.3, 0.4) is 0 Å². The van der Waals surface area contributed by atoms with Gasteiger partial charge in [-0.1, -0.05) is 17.3 Å². The Morgan fingerprint density at radius 3 is 2.68 bits per heavy atom. The van der Waals surface area contributed by atoms with Gasteiger partial charge in [0.05, 0.1) is 32.1 Å². The van der Waals surface area contributed by atoms with Gasteiger partial charge in [-0.3, -0.25) is 0 Å². The first-order chi connectivity index (χ1) is 13.8. The number of ether oxygens (including phenoxy) is 2. The normalized spacial score (nSPS) is 10.6. The first-order valence-corrected chi connectivity index (χ1v) is 8.66. The van der Waals surface area contributed by atoms with Crippen LogP contribution in [0.4, 0.5) is 5.69 Å². The van der Waals surface area contributed by atoms with Crippen molar-refractivity contribution in [1.82, 2.24) is 19.9 Å². The van der Waals surface area contributed by atoms with Crippen molar-refractivity contribution in [2.75, 3.05) is 19.5 Å². The fourth-order valence-corrected chi connectivity index (χ4v) is 2.82. The number of aromatic nitrogens is 4. The van der Waals surface area contributed by atoms with Crippen molar-refractivity contribution >= 4 is 5.69 Å². The average Bonchev–Trinajstić information content (AvgIpc) is 3.44. The molecule has 0 spiro atoms. The van der Waals surface area contributed by atoms with E-state index in [0.29, 0.717) is 29.8 Å². The lowest BCUT2D eigenvalue weighted by atomic mass is 10.2. The van der Waals surface area contributed by atoms with Gasteiger partial charge in [-0.25, -0.2) is 4.68 Å². The lowest BCUT2D eigenvalue weighted by molar-refractivity contribution is 0.355. The lowest BCUT2D eigenvalue weighted by Gasteiger charge is -2.10. The van der Waals surface area contributed by atoms with Gasteiger partial charge in [-0.15, -0.1) is 0 Å². The Morgan fingerprint density at radius 2 is 1.89 bits per heavy atom. The maximum Gasteiger partial charge on any atom is 0.246 e. The van der Waals surface area contributed by atoms with Gasteiger partial charge in [-0.05, 0) is 36.4 Å². The monoisotopic (exact) mass is 377 g/mol. The van der Waals surface area contributed by atoms with Gasteiger partial charge in [0, 0.05) is 18.0 Å². The van der Waals surface area contributed by atoms with Gasteiger partial charge < -0.3 is 19.3 Å². The van der Waals surface area contributed by atoms with E-state index in [-0.39, 0.29) is 0 Å². The minimum atomic E-state index is 0.387. The van der Waals surface area contributed by atoms with E-state index in [1.165, 1.54) is 0 Å². The molecule has 0 saturated heterocycles. The number of nitrogens with zero attached hydrogens (tertiary/aromatic N) is 4. The third kappa shape index (κ3) is 3.52. The Labute approximate surface area is 161 Å². The third-order valence-electron chi connectivity index (χ3n) is 4.20. The summed E-state index contributed by atoms with van der Waals surface area (Å²) in [6.07, 6.45) is 3.63. The number of para-hydroxylation sites is 2. The van der Waals surface area contributed by atoms with Crippen LogP contribution in [0.15, 0.2) is 65.4 Å². The standard InChI is InChI=1S/C20H19N5O3/c1-26-17-9-8-14(12-18(17)27-2)20-23-19(28-24-20)13-21-15-6-3-4-7-16(15)25-11-5-10-22-25/h3-12,21H,13H2,1-2H3. The molecule has 2 aromatic heterocycles. The van der Waals surface area contributed by atoms with E-state index in [0.717, 1.165) is 16.9 Å². The van der Waals surface area contributed by atoms with Crippen molar-refractivity contribution < 1.29 is 14.0 Å². The van der Waals surface area contributed by atoms with E-state index in [9.17, 15) is 0 Å². The van der Waals surface area contributed by atoms with E-state index >= 15 is 0 Å². The van der Waals surface area contributed by atoms with Gasteiger partial charge in [-0.2, -0.15) is 10.1 Å². The molecule has 0 aliphatic rings. The van der Waals surface area contributed by atoms with Crippen LogP contribution < -0.4 is 14.8 Å². The molecule has 142 valence electrons. The maximum absolute atomic E-state index is 5.38. The highest BCUT2D eigenvalue weighted by molar-refractivity contribution is 5.62. The second-order valence-electron chi connectivity index (χ2n) is 5.90. The van der Waals surface area contributed by atoms with Gasteiger partial charge in [0.25, 0.3) is 0 Å². The summed E-state index contributed by atoms with van der Waals surface area (Å²) in [7, 11) is 3.18. The van der Waals surface area contributed by atoms with Crippen LogP contribution in [0, 0.1) is 0 Å². The molecule has 8 heteroatoms. The Balaban J connectivity index is 1.51. The molecule has 0 aliphatic carbocycles. The third-order valence-corrected chi connectivity index (χ3v) is 4.20. The highest BCUT2D eigenvalue weighted by Gasteiger charge is 2.13. The van der Waals surface area contributed by atoms with Crippen LogP contribution in [-0.4, -0.2) is 34.1 Å². The lowest BCUT2D eigenvalue weighted by Crippen LogP contribution is -2.05. The average molecular weight is 377 g/mol. The number of anilines is 1. The number of rotatable bonds is 7. The van der Waals surface area contributed by atoms with Crippen LogP contribution in [0.25, 0.3) is 17.1 Å². The second kappa shape index (κ2) is 7.83. The molecule has 2 aromatic carbocycles. The molecule has 0 saturated carbocycles. The Hall–Kier alpha value is -3.81. The maximum atomic E-state index is 5.38. The Morgan fingerprint density at radius 1 is 1.04 bits per heavy atom. The summed E-state index contributed by atoms with van der Waals surface area (Å²) in [5.41, 5.74) is 2.63. The zero-order chi connectivity index (χ0) is 19.3. The molecule has 0 atom stereocenters. The number of hydrogen-bond acceptors (Lipinski definition) is 7. The first kappa shape index (κ1) is 17.6. The molecule has 0 amide bonds. The van der Waals surface area contributed by atoms with Crippen LogP contribution in [-0.2, 0) is 6.54 Å². The molecule has 4 aromatic rings. The summed E-state index contributed by atoms with van der Waals surface area (Å²) >= 11 is 0. The zero-order valence-electron chi connectivity index (χ0n) is 15.5. The molecule has 1 N–H and O–H groups in total. The van der Waals surface area contributed by atoms with E-state index in [1.54, 1.807) is 25.1 Å². The van der Waals surface area contributed by atoms with Gasteiger partial charge in [0.2, 0.25) is 11.7 Å². The fraction of sp³-hybridized carbons (Fsp3) is 0.150. The summed E-state index contributed by atoms with van der Waals surface area (Å²) in [6.45, 7) is 0.387. The summed E-state index contributed by atoms with van der Waals surface area (Å²) < 4.78 is 17.8. The predicted octanol–water partition coefficient (Wildman–Crippen LogP) is 3.55. The molecule has 2 heterocycles. The van der Waals surface area contributed by atoms with Crippen molar-refractivity contribution in [3.63, 3.8) is 0 Å². The van der Waals surface area contributed by atoms with E-state index in [2.05, 4.69) is 20.6 Å². The molecule has 28 heavy (non-hydrogen) atoms. The number of hydrogen-bond donors (Lipinski definition) is 1. The largest absolute Gasteiger partial charge is 0.493 e. The van der Waals surface area contributed by atoms with Gasteiger partial charge >= 0.3 is 0 Å². The highest BCUT2D eigenvalue weighted by atomic mass is 16.5. The van der Waals surface area contributed by atoms with Crippen LogP contribution >= 0.6 is 0 Å². The van der Waals surface area contributed by atoms with E-state index in [1.807, 2.05) is 54.7 Å². The van der Waals surface area contributed by atoms with Crippen LogP contribution in [0.2, 0.25) is 0 Å². The Bertz CT molecular complexity index is 1060. The molecule has 4 rings (SSSR count). The van der Waals surface area contributed by atoms with E-state index in [4.69, 9.17) is 14.0 Å². The van der Waals surface area contributed by atoms with Crippen molar-refractivity contribution in [2.45, 2.75) is 6.54 Å². The number of benzene rings is 2. The molecule has 0 aliphatic heterocycles. The molecule has 0 radical (unpaired) electrons. The minimum absolute atomic E-state index is 0.387. The molecule has 0 unspecified atom stereocenters. The summed E-state index contributed by atoms with van der Waals surface area (Å²) in [5.74, 6) is 2.21. The highest BCUT2D eigenvalue weighted by Crippen LogP contribution is 2.31. The van der Waals surface area contributed by atoms with Crippen LogP contribution in [0.1, 0.15) is 5.89 Å². The zero-order valence-corrected chi connectivity index (χ0v) is 15.5. The molecule has 8 nitrogen and oxygen atoms in total. The van der Waals surface area contributed by atoms with Gasteiger partial charge in [0.15, 0.2) is 11.5 Å². The first-order valence-electron chi connectivity index (χ1n) is 8.66. The molecular weight excluding hydrogens is 358 g/mol. The summed E-state index contributed by atoms with van der Waals surface area (Å²) in [4.78, 5) is 4.46. The molecule has 0 bridgehead atoms. The predicted molar refractivity (Wildman–Crippen MR) is 104 cm³/mol. The van der Waals surface area contributed by atoms with E-state index < -0.39 is 0 Å². The second-order valence-corrected chi connectivity index (χ2v) is 5.90. The van der Waals surface area contributed by atoms with Gasteiger partial charge in [0.1, 0.15) is 0 Å². The SMILES string of the molecule is COc1ccc(-c2noc(CNc3ccccc3-n3cccn3)n2)cc1OC. The van der Waals surface area contributed by atoms with Crippen molar-refractivity contribution in [2.24, 2.45) is 0 Å². The summed E-state index contributed by atoms with van der Waals surface area (Å²) in [5, 5.41) is 11.7. The molecular formula is C20H19N5O3. The molecule has 0 fully saturated rings. The minimum Gasteiger partial charge on any atom is -0.493 e. The van der Waals surface area contributed by atoms with Crippen molar-refractivity contribution in [3.05, 3.63) is 66.8 Å². The Kier molecular flexibility index (Phi) is 4.92. The topological polar surface area (TPSA) is 87.2 Å².